The fraction of sp³-hybridized carbons (Fsp3) is 0. The maximum absolute atomic E-state index is 10.7. The summed E-state index contributed by atoms with van der Waals surface area (Å²) in [6.07, 6.45) is 0. The van der Waals surface area contributed by atoms with E-state index in [9.17, 15) is 9.00 Å². The van der Waals surface area contributed by atoms with Gasteiger partial charge >= 0.3 is 17.2 Å². The zero-order valence-electron chi connectivity index (χ0n) is 7.34. The van der Waals surface area contributed by atoms with Crippen LogP contribution in [0.5, 0.6) is 0 Å². The lowest BCUT2D eigenvalue weighted by molar-refractivity contribution is 0.0697. The molecule has 2 N–H and O–H groups in total. The van der Waals surface area contributed by atoms with E-state index in [1.54, 1.807) is 12.1 Å². The maximum atomic E-state index is 10.7. The zero-order chi connectivity index (χ0) is 10.8. The monoisotopic (exact) mass is 226 g/mol. The number of hydrogen-bond acceptors (Lipinski definition) is 4. The molecule has 6 nitrogen and oxygen atoms in total. The number of nitrogens with one attached hydrogen (secondary N) is 1. The average Bonchev–Trinajstić information content (AvgIpc) is 2.65. The normalized spacial score (nSPS) is 19.5. The van der Waals surface area contributed by atoms with Crippen LogP contribution in [-0.4, -0.2) is 21.1 Å². The summed E-state index contributed by atoms with van der Waals surface area (Å²) in [5.41, 5.74) is 3.17. The Kier molecular flexibility index (Phi) is 2.48. The first kappa shape index (κ1) is 9.81. The third-order valence-corrected chi connectivity index (χ3v) is 2.34. The number of hydrogen-bond donors (Lipinski definition) is 2. The van der Waals surface area contributed by atoms with Crippen molar-refractivity contribution in [3.05, 3.63) is 35.4 Å². The van der Waals surface area contributed by atoms with Gasteiger partial charge in [-0.3, -0.25) is 0 Å². The summed E-state index contributed by atoms with van der Waals surface area (Å²) in [7, 11) is 0. The third kappa shape index (κ3) is 2.03. The molecule has 1 aromatic carbocycles. The number of hydroxylamine groups is 1. The van der Waals surface area contributed by atoms with E-state index in [-0.39, 0.29) is 5.56 Å². The summed E-state index contributed by atoms with van der Waals surface area (Å²) < 4.78 is 18.9. The van der Waals surface area contributed by atoms with Gasteiger partial charge in [-0.05, 0) is 12.1 Å². The van der Waals surface area contributed by atoms with Gasteiger partial charge in [-0.25, -0.2) is 14.5 Å². The SMILES string of the molecule is O=C(O)c1ccc(C2=NS(=O)ON2)cc1. The molecule has 0 bridgehead atoms. The van der Waals surface area contributed by atoms with Gasteiger partial charge in [0, 0.05) is 5.56 Å². The Bertz CT molecular complexity index is 454. The second-order valence-electron chi connectivity index (χ2n) is 2.72. The van der Waals surface area contributed by atoms with E-state index in [1.165, 1.54) is 12.1 Å². The van der Waals surface area contributed by atoms with Crippen molar-refractivity contribution in [1.82, 2.24) is 5.48 Å². The molecule has 1 aromatic rings. The minimum Gasteiger partial charge on any atom is -0.478 e. The first-order valence-electron chi connectivity index (χ1n) is 3.94. The number of carbonyl (C=O) groups is 1. The lowest BCUT2D eigenvalue weighted by atomic mass is 10.1. The predicted molar refractivity (Wildman–Crippen MR) is 52.3 cm³/mol. The van der Waals surface area contributed by atoms with Crippen molar-refractivity contribution in [3.8, 4) is 0 Å². The number of nitrogens with zero attached hydrogens (tertiary/aromatic N) is 1. The van der Waals surface area contributed by atoms with E-state index in [0.717, 1.165) is 0 Å². The van der Waals surface area contributed by atoms with Gasteiger partial charge in [0.1, 0.15) is 0 Å². The van der Waals surface area contributed by atoms with Crippen LogP contribution in [0.3, 0.4) is 0 Å². The molecule has 15 heavy (non-hydrogen) atoms. The second-order valence-corrected chi connectivity index (χ2v) is 3.51. The minimum absolute atomic E-state index is 0.180. The van der Waals surface area contributed by atoms with E-state index in [1.807, 2.05) is 0 Å². The van der Waals surface area contributed by atoms with Crippen LogP contribution in [0.25, 0.3) is 0 Å². The number of carboxylic acid groups (broad SMARTS) is 1. The standard InChI is InChI=1S/C8H6N2O4S/c11-8(12)6-3-1-5(2-4-6)7-9-14-15(13)10-7/h1-4H,(H,9,10)(H,11,12). The molecule has 7 heteroatoms. The van der Waals surface area contributed by atoms with Crippen molar-refractivity contribution in [3.63, 3.8) is 0 Å². The highest BCUT2D eigenvalue weighted by Crippen LogP contribution is 2.08. The number of rotatable bonds is 2. The first-order chi connectivity index (χ1) is 7.16. The van der Waals surface area contributed by atoms with E-state index < -0.39 is 17.2 Å². The summed E-state index contributed by atoms with van der Waals surface area (Å²) in [6, 6.07) is 5.98. The van der Waals surface area contributed by atoms with Gasteiger partial charge in [-0.2, -0.15) is 4.28 Å². The lowest BCUT2D eigenvalue weighted by Gasteiger charge is -1.99. The largest absolute Gasteiger partial charge is 0.478 e. The third-order valence-electron chi connectivity index (χ3n) is 1.78. The highest BCUT2D eigenvalue weighted by Gasteiger charge is 2.15. The topological polar surface area (TPSA) is 88.0 Å². The molecule has 0 amide bonds. The van der Waals surface area contributed by atoms with Gasteiger partial charge in [0.25, 0.3) is 0 Å². The number of carboxylic acids is 1. The first-order valence-corrected chi connectivity index (χ1v) is 4.97. The van der Waals surface area contributed by atoms with E-state index in [0.29, 0.717) is 11.4 Å². The minimum atomic E-state index is -1.71. The molecule has 1 heterocycles. The quantitative estimate of drug-likeness (QED) is 0.754. The van der Waals surface area contributed by atoms with Gasteiger partial charge in [0.2, 0.25) is 0 Å². The summed E-state index contributed by atoms with van der Waals surface area (Å²) in [5, 5.41) is 8.66. The van der Waals surface area contributed by atoms with Crippen molar-refractivity contribution in [2.45, 2.75) is 0 Å². The lowest BCUT2D eigenvalue weighted by Crippen LogP contribution is -2.17. The van der Waals surface area contributed by atoms with Crippen LogP contribution in [-0.2, 0) is 15.6 Å². The van der Waals surface area contributed by atoms with E-state index in [2.05, 4.69) is 14.2 Å². The Morgan fingerprint density at radius 1 is 1.40 bits per heavy atom. The second kappa shape index (κ2) is 3.79. The van der Waals surface area contributed by atoms with Crippen molar-refractivity contribution in [1.29, 1.82) is 0 Å². The summed E-state index contributed by atoms with van der Waals surface area (Å²) in [5.74, 6) is -0.673. The molecule has 0 spiro atoms. The Hall–Kier alpha value is -1.73. The van der Waals surface area contributed by atoms with Gasteiger partial charge in [-0.1, -0.05) is 12.1 Å². The Morgan fingerprint density at radius 3 is 2.53 bits per heavy atom. The molecule has 1 aliphatic heterocycles. The molecular weight excluding hydrogens is 220 g/mol. The molecule has 0 radical (unpaired) electrons. The number of aromatic carboxylic acids is 1. The predicted octanol–water partition coefficient (Wildman–Crippen LogP) is 0.245. The highest BCUT2D eigenvalue weighted by atomic mass is 32.2. The number of benzene rings is 1. The van der Waals surface area contributed by atoms with Gasteiger partial charge in [0.15, 0.2) is 5.84 Å². The van der Waals surface area contributed by atoms with Crippen LogP contribution in [0.4, 0.5) is 0 Å². The molecular formula is C8H6N2O4S. The fourth-order valence-electron chi connectivity index (χ4n) is 1.07. The maximum Gasteiger partial charge on any atom is 0.335 e. The summed E-state index contributed by atoms with van der Waals surface area (Å²) in [4.78, 5) is 10.6. The van der Waals surface area contributed by atoms with Gasteiger partial charge in [-0.15, -0.1) is 4.40 Å². The van der Waals surface area contributed by atoms with E-state index in [4.69, 9.17) is 5.11 Å². The smallest absolute Gasteiger partial charge is 0.335 e. The van der Waals surface area contributed by atoms with Crippen molar-refractivity contribution < 1.29 is 18.4 Å². The highest BCUT2D eigenvalue weighted by molar-refractivity contribution is 7.79. The van der Waals surface area contributed by atoms with Crippen LogP contribution >= 0.6 is 0 Å². The molecule has 0 saturated heterocycles. The number of amidine groups is 1. The van der Waals surface area contributed by atoms with Gasteiger partial charge in [0.05, 0.1) is 5.56 Å². The summed E-state index contributed by atoms with van der Waals surface area (Å²) in [6.45, 7) is 0. The van der Waals surface area contributed by atoms with Crippen molar-refractivity contribution >= 4 is 23.1 Å². The van der Waals surface area contributed by atoms with Crippen molar-refractivity contribution in [2.24, 2.45) is 4.40 Å². The van der Waals surface area contributed by atoms with Crippen LogP contribution in [0.1, 0.15) is 15.9 Å². The Balaban J connectivity index is 2.28. The average molecular weight is 226 g/mol. The molecule has 0 saturated carbocycles. The molecule has 1 unspecified atom stereocenters. The molecule has 0 aromatic heterocycles. The Morgan fingerprint density at radius 2 is 2.07 bits per heavy atom. The van der Waals surface area contributed by atoms with Gasteiger partial charge < -0.3 is 5.11 Å². The van der Waals surface area contributed by atoms with Crippen LogP contribution in [0.15, 0.2) is 28.7 Å². The molecule has 0 aliphatic carbocycles. The van der Waals surface area contributed by atoms with Crippen molar-refractivity contribution in [2.75, 3.05) is 0 Å². The molecule has 0 fully saturated rings. The van der Waals surface area contributed by atoms with Crippen LogP contribution < -0.4 is 5.48 Å². The molecule has 1 aliphatic rings. The summed E-state index contributed by atoms with van der Waals surface area (Å²) >= 11 is -1.71. The van der Waals surface area contributed by atoms with E-state index >= 15 is 0 Å². The molecule has 1 atom stereocenters. The fourth-order valence-corrected chi connectivity index (χ4v) is 1.55. The molecule has 2 rings (SSSR count). The van der Waals surface area contributed by atoms with Crippen LogP contribution in [0.2, 0.25) is 0 Å². The van der Waals surface area contributed by atoms with Crippen LogP contribution in [0, 0.1) is 0 Å². The zero-order valence-corrected chi connectivity index (χ0v) is 8.15. The molecule has 78 valence electrons. The Labute approximate surface area is 87.3 Å².